The second-order valence-corrected chi connectivity index (χ2v) is 4.60. The molecule has 0 saturated carbocycles. The highest BCUT2D eigenvalue weighted by atomic mass is 19.4. The Bertz CT molecular complexity index is 191. The van der Waals surface area contributed by atoms with Crippen LogP contribution in [-0.2, 0) is 4.74 Å². The maximum Gasteiger partial charge on any atom is 0.389 e. The molecule has 1 atom stereocenters. The molecule has 0 aromatic heterocycles. The third-order valence-electron chi connectivity index (χ3n) is 2.97. The molecule has 1 aliphatic heterocycles. The van der Waals surface area contributed by atoms with E-state index in [1.165, 1.54) is 0 Å². The van der Waals surface area contributed by atoms with Gasteiger partial charge in [0.25, 0.3) is 0 Å². The lowest BCUT2D eigenvalue weighted by atomic mass is 10.1. The largest absolute Gasteiger partial charge is 0.389 e. The van der Waals surface area contributed by atoms with E-state index < -0.39 is 12.6 Å². The second-order valence-electron chi connectivity index (χ2n) is 4.60. The number of hydrogen-bond acceptors (Lipinski definition) is 2. The number of rotatable bonds is 8. The SMILES string of the molecule is FC(F)(F)CCCCNCCCC1CCCO1. The molecule has 1 saturated heterocycles. The van der Waals surface area contributed by atoms with Crippen LogP contribution in [0.25, 0.3) is 0 Å². The highest BCUT2D eigenvalue weighted by molar-refractivity contribution is 4.65. The minimum atomic E-state index is -4.00. The molecule has 1 fully saturated rings. The first-order chi connectivity index (χ1) is 8.08. The van der Waals surface area contributed by atoms with Gasteiger partial charge in [-0.15, -0.1) is 0 Å². The van der Waals surface area contributed by atoms with Gasteiger partial charge in [-0.2, -0.15) is 13.2 Å². The van der Waals surface area contributed by atoms with Gasteiger partial charge in [0, 0.05) is 13.0 Å². The van der Waals surface area contributed by atoms with Crippen molar-refractivity contribution in [3.05, 3.63) is 0 Å². The monoisotopic (exact) mass is 253 g/mol. The quantitative estimate of drug-likeness (QED) is 0.670. The van der Waals surface area contributed by atoms with Crippen molar-refractivity contribution in [2.24, 2.45) is 0 Å². The third kappa shape index (κ3) is 8.44. The van der Waals surface area contributed by atoms with Crippen molar-refractivity contribution >= 4 is 0 Å². The van der Waals surface area contributed by atoms with Crippen LogP contribution in [0.2, 0.25) is 0 Å². The Hall–Kier alpha value is -0.290. The van der Waals surface area contributed by atoms with Crippen molar-refractivity contribution < 1.29 is 17.9 Å². The van der Waals surface area contributed by atoms with Crippen molar-refractivity contribution in [3.8, 4) is 0 Å². The van der Waals surface area contributed by atoms with E-state index in [2.05, 4.69) is 5.32 Å². The Balaban J connectivity index is 1.78. The average molecular weight is 253 g/mol. The molecule has 1 heterocycles. The van der Waals surface area contributed by atoms with E-state index in [4.69, 9.17) is 4.74 Å². The summed E-state index contributed by atoms with van der Waals surface area (Å²) in [5.74, 6) is 0. The normalized spacial score (nSPS) is 21.0. The van der Waals surface area contributed by atoms with Crippen LogP contribution in [0.15, 0.2) is 0 Å². The molecule has 102 valence electrons. The van der Waals surface area contributed by atoms with Gasteiger partial charge in [-0.25, -0.2) is 0 Å². The lowest BCUT2D eigenvalue weighted by Crippen LogP contribution is -2.19. The molecule has 1 N–H and O–H groups in total. The first-order valence-electron chi connectivity index (χ1n) is 6.47. The van der Waals surface area contributed by atoms with E-state index >= 15 is 0 Å². The van der Waals surface area contributed by atoms with Crippen LogP contribution in [0.5, 0.6) is 0 Å². The number of ether oxygens (including phenoxy) is 1. The lowest BCUT2D eigenvalue weighted by molar-refractivity contribution is -0.135. The summed E-state index contributed by atoms with van der Waals surface area (Å²) in [7, 11) is 0. The van der Waals surface area contributed by atoms with Crippen LogP contribution in [0.3, 0.4) is 0 Å². The minimum absolute atomic E-state index is 0.224. The van der Waals surface area contributed by atoms with E-state index in [1.54, 1.807) is 0 Å². The lowest BCUT2D eigenvalue weighted by Gasteiger charge is -2.09. The van der Waals surface area contributed by atoms with E-state index in [0.29, 0.717) is 19.1 Å². The highest BCUT2D eigenvalue weighted by Gasteiger charge is 2.25. The number of hydrogen-bond donors (Lipinski definition) is 1. The predicted octanol–water partition coefficient (Wildman–Crippen LogP) is 3.27. The fourth-order valence-electron chi connectivity index (χ4n) is 2.03. The number of unbranched alkanes of at least 4 members (excludes halogenated alkanes) is 1. The van der Waals surface area contributed by atoms with E-state index in [-0.39, 0.29) is 6.42 Å². The van der Waals surface area contributed by atoms with E-state index in [0.717, 1.165) is 38.8 Å². The Morgan fingerprint density at radius 1 is 1.12 bits per heavy atom. The predicted molar refractivity (Wildman–Crippen MR) is 61.0 cm³/mol. The number of alkyl halides is 3. The smallest absolute Gasteiger partial charge is 0.378 e. The molecule has 0 aromatic carbocycles. The summed E-state index contributed by atoms with van der Waals surface area (Å²) in [6.07, 6.45) is 1.01. The molecule has 0 bridgehead atoms. The molecule has 1 aliphatic rings. The van der Waals surface area contributed by atoms with Crippen LogP contribution >= 0.6 is 0 Å². The van der Waals surface area contributed by atoms with Crippen LogP contribution in [0.4, 0.5) is 13.2 Å². The van der Waals surface area contributed by atoms with Gasteiger partial charge < -0.3 is 10.1 Å². The topological polar surface area (TPSA) is 21.3 Å². The maximum atomic E-state index is 11.8. The zero-order valence-electron chi connectivity index (χ0n) is 10.2. The van der Waals surface area contributed by atoms with Gasteiger partial charge in [0.05, 0.1) is 6.10 Å². The van der Waals surface area contributed by atoms with Gasteiger partial charge in [0.15, 0.2) is 0 Å². The summed E-state index contributed by atoms with van der Waals surface area (Å²) < 4.78 is 41.0. The summed E-state index contributed by atoms with van der Waals surface area (Å²) >= 11 is 0. The molecule has 2 nitrogen and oxygen atoms in total. The van der Waals surface area contributed by atoms with Crippen molar-refractivity contribution in [3.63, 3.8) is 0 Å². The van der Waals surface area contributed by atoms with E-state index in [9.17, 15) is 13.2 Å². The summed E-state index contributed by atoms with van der Waals surface area (Å²) in [4.78, 5) is 0. The van der Waals surface area contributed by atoms with Crippen LogP contribution < -0.4 is 5.32 Å². The summed E-state index contributed by atoms with van der Waals surface area (Å²) in [6.45, 7) is 2.45. The zero-order chi connectivity index (χ0) is 12.6. The van der Waals surface area contributed by atoms with E-state index in [1.807, 2.05) is 0 Å². The van der Waals surface area contributed by atoms with Crippen molar-refractivity contribution in [1.82, 2.24) is 5.32 Å². The van der Waals surface area contributed by atoms with Crippen molar-refractivity contribution in [2.75, 3.05) is 19.7 Å². The molecule has 0 radical (unpaired) electrons. The fourth-order valence-corrected chi connectivity index (χ4v) is 2.03. The molecule has 1 rings (SSSR count). The molecule has 0 amide bonds. The molecular formula is C12H22F3NO. The van der Waals surface area contributed by atoms with Crippen LogP contribution in [0, 0.1) is 0 Å². The van der Waals surface area contributed by atoms with Gasteiger partial charge in [-0.05, 0) is 51.6 Å². The van der Waals surface area contributed by atoms with Gasteiger partial charge >= 0.3 is 6.18 Å². The maximum absolute atomic E-state index is 11.8. The first-order valence-corrected chi connectivity index (χ1v) is 6.47. The molecule has 0 spiro atoms. The van der Waals surface area contributed by atoms with Crippen molar-refractivity contribution in [1.29, 1.82) is 0 Å². The number of halogens is 3. The molecule has 0 aliphatic carbocycles. The Labute approximate surface area is 101 Å². The third-order valence-corrected chi connectivity index (χ3v) is 2.97. The van der Waals surface area contributed by atoms with Crippen LogP contribution in [0.1, 0.15) is 44.9 Å². The highest BCUT2D eigenvalue weighted by Crippen LogP contribution is 2.21. The molecule has 5 heteroatoms. The molecule has 17 heavy (non-hydrogen) atoms. The van der Waals surface area contributed by atoms with Gasteiger partial charge in [-0.1, -0.05) is 0 Å². The van der Waals surface area contributed by atoms with Crippen LogP contribution in [-0.4, -0.2) is 32.0 Å². The van der Waals surface area contributed by atoms with Gasteiger partial charge in [0.2, 0.25) is 0 Å². The Morgan fingerprint density at radius 2 is 1.88 bits per heavy atom. The Morgan fingerprint density at radius 3 is 2.53 bits per heavy atom. The second kappa shape index (κ2) is 7.93. The molecule has 0 aromatic rings. The summed E-state index contributed by atoms with van der Waals surface area (Å²) in [6, 6.07) is 0. The molecular weight excluding hydrogens is 231 g/mol. The summed E-state index contributed by atoms with van der Waals surface area (Å²) in [5.41, 5.74) is 0. The Kier molecular flexibility index (Phi) is 6.89. The number of nitrogens with one attached hydrogen (secondary N) is 1. The summed E-state index contributed by atoms with van der Waals surface area (Å²) in [5, 5.41) is 3.17. The average Bonchev–Trinajstić information content (AvgIpc) is 2.73. The zero-order valence-corrected chi connectivity index (χ0v) is 10.2. The standard InChI is InChI=1S/C12H22F3NO/c13-12(14,15)7-1-2-8-16-9-3-5-11-6-4-10-17-11/h11,16H,1-10H2. The van der Waals surface area contributed by atoms with Gasteiger partial charge in [-0.3, -0.25) is 0 Å². The van der Waals surface area contributed by atoms with Gasteiger partial charge in [0.1, 0.15) is 0 Å². The molecule has 1 unspecified atom stereocenters. The fraction of sp³-hybridized carbons (Fsp3) is 1.00. The first kappa shape index (κ1) is 14.8. The minimum Gasteiger partial charge on any atom is -0.378 e. The van der Waals surface area contributed by atoms with Crippen molar-refractivity contribution in [2.45, 2.75) is 57.2 Å².